The fourth-order valence-electron chi connectivity index (χ4n) is 4.67. The number of aromatic nitrogens is 1. The maximum atomic E-state index is 13.4. The van der Waals surface area contributed by atoms with Crippen LogP contribution in [0, 0.1) is 11.3 Å². The van der Waals surface area contributed by atoms with E-state index in [0.717, 1.165) is 58.1 Å². The number of carbonyl (C=O) groups excluding carboxylic acids is 4. The van der Waals surface area contributed by atoms with Crippen LogP contribution in [0.1, 0.15) is 55.7 Å². The van der Waals surface area contributed by atoms with E-state index in [-0.39, 0.29) is 35.4 Å². The number of benzene rings is 1. The number of para-hydroxylation sites is 1. The van der Waals surface area contributed by atoms with E-state index < -0.39 is 18.0 Å². The second kappa shape index (κ2) is 9.97. The first-order valence-electron chi connectivity index (χ1n) is 11.9. The minimum Gasteiger partial charge on any atom is -0.449 e. The lowest BCUT2D eigenvalue weighted by Crippen LogP contribution is -2.41. The van der Waals surface area contributed by atoms with Gasteiger partial charge in [-0.2, -0.15) is 0 Å². The molecule has 35 heavy (non-hydrogen) atoms. The van der Waals surface area contributed by atoms with Crippen molar-refractivity contribution in [2.24, 2.45) is 11.3 Å². The molecule has 2 atom stereocenters. The molecule has 3 amide bonds. The molecule has 1 saturated heterocycles. The van der Waals surface area contributed by atoms with Crippen LogP contribution in [0.5, 0.6) is 0 Å². The van der Waals surface area contributed by atoms with E-state index in [1.807, 2.05) is 24.3 Å². The molecule has 1 aromatic carbocycles. The molecule has 0 spiro atoms. The number of rotatable bonds is 6. The molecule has 8 nitrogen and oxygen atoms in total. The van der Waals surface area contributed by atoms with Gasteiger partial charge in [-0.25, -0.2) is 4.79 Å². The summed E-state index contributed by atoms with van der Waals surface area (Å²) in [6, 6.07) is 7.51. The summed E-state index contributed by atoms with van der Waals surface area (Å²) in [4.78, 5) is 55.4. The standard InChI is InChI=1S/C26H31N3O5S/c1-15(23(31)27-11-12-29-21(30)14-35-25(29)33)34-24(32)22-17-7-5-6-8-19(17)28-20-10-9-16(13-18(20)22)26(2,3)4/h5-8,15-16H,9-14H2,1-4H3,(H,27,31)/t15-,16-/m0/s1. The number of aryl methyl sites for hydroxylation is 1. The van der Waals surface area contributed by atoms with Gasteiger partial charge >= 0.3 is 5.97 Å². The summed E-state index contributed by atoms with van der Waals surface area (Å²) >= 11 is 0.948. The van der Waals surface area contributed by atoms with Crippen LogP contribution in [-0.4, -0.2) is 57.9 Å². The molecule has 0 radical (unpaired) electrons. The Balaban J connectivity index is 1.50. The summed E-state index contributed by atoms with van der Waals surface area (Å²) < 4.78 is 5.63. The van der Waals surface area contributed by atoms with Gasteiger partial charge in [-0.05, 0) is 49.1 Å². The van der Waals surface area contributed by atoms with Crippen LogP contribution >= 0.6 is 11.8 Å². The number of hydrogen-bond donors (Lipinski definition) is 1. The molecule has 1 fully saturated rings. The fraction of sp³-hybridized carbons (Fsp3) is 0.500. The molecular weight excluding hydrogens is 466 g/mol. The lowest BCUT2D eigenvalue weighted by Gasteiger charge is -2.35. The van der Waals surface area contributed by atoms with Gasteiger partial charge in [0, 0.05) is 24.2 Å². The summed E-state index contributed by atoms with van der Waals surface area (Å²) in [5.41, 5.74) is 3.16. The molecule has 2 aromatic rings. The Morgan fingerprint density at radius 2 is 2.00 bits per heavy atom. The SMILES string of the molecule is C[C@H](OC(=O)c1c2c(nc3ccccc13)CC[C@H](C(C)(C)C)C2)C(=O)NCCN1C(=O)CSC1=O. The monoisotopic (exact) mass is 497 g/mol. The third-order valence-corrected chi connectivity index (χ3v) is 7.67. The van der Waals surface area contributed by atoms with Gasteiger partial charge in [0.2, 0.25) is 5.91 Å². The average molecular weight is 498 g/mol. The first kappa shape index (κ1) is 25.2. The van der Waals surface area contributed by atoms with E-state index in [0.29, 0.717) is 11.5 Å². The van der Waals surface area contributed by atoms with Crippen molar-refractivity contribution in [2.75, 3.05) is 18.8 Å². The van der Waals surface area contributed by atoms with Crippen molar-refractivity contribution >= 4 is 45.7 Å². The number of imide groups is 1. The van der Waals surface area contributed by atoms with Gasteiger partial charge in [0.05, 0.1) is 16.8 Å². The van der Waals surface area contributed by atoms with Crippen LogP contribution in [0.2, 0.25) is 0 Å². The minimum absolute atomic E-state index is 0.0910. The molecule has 186 valence electrons. The van der Waals surface area contributed by atoms with Crippen molar-refractivity contribution in [3.63, 3.8) is 0 Å². The number of carbonyl (C=O) groups is 4. The third kappa shape index (κ3) is 5.34. The highest BCUT2D eigenvalue weighted by atomic mass is 32.2. The molecule has 1 N–H and O–H groups in total. The highest BCUT2D eigenvalue weighted by Crippen LogP contribution is 2.39. The zero-order valence-corrected chi connectivity index (χ0v) is 21.4. The van der Waals surface area contributed by atoms with Gasteiger partial charge in [0.15, 0.2) is 6.10 Å². The highest BCUT2D eigenvalue weighted by molar-refractivity contribution is 8.14. The topological polar surface area (TPSA) is 106 Å². The zero-order valence-electron chi connectivity index (χ0n) is 20.6. The van der Waals surface area contributed by atoms with Crippen molar-refractivity contribution in [1.82, 2.24) is 15.2 Å². The summed E-state index contributed by atoms with van der Waals surface area (Å²) in [5.74, 6) is -0.763. The van der Waals surface area contributed by atoms with E-state index in [9.17, 15) is 19.2 Å². The zero-order chi connectivity index (χ0) is 25.3. The quantitative estimate of drug-likeness (QED) is 0.606. The second-order valence-corrected chi connectivity index (χ2v) is 11.1. The maximum Gasteiger partial charge on any atom is 0.339 e. The Labute approximate surface area is 209 Å². The number of thioether (sulfide) groups is 1. The van der Waals surface area contributed by atoms with E-state index >= 15 is 0 Å². The largest absolute Gasteiger partial charge is 0.449 e. The molecule has 2 heterocycles. The van der Waals surface area contributed by atoms with Crippen LogP contribution in [0.4, 0.5) is 4.79 Å². The Morgan fingerprint density at radius 3 is 2.69 bits per heavy atom. The number of amides is 3. The van der Waals surface area contributed by atoms with E-state index in [1.165, 1.54) is 6.92 Å². The van der Waals surface area contributed by atoms with Crippen molar-refractivity contribution in [1.29, 1.82) is 0 Å². The summed E-state index contributed by atoms with van der Waals surface area (Å²) in [7, 11) is 0. The first-order valence-corrected chi connectivity index (χ1v) is 12.9. The number of ether oxygens (including phenoxy) is 1. The van der Waals surface area contributed by atoms with E-state index in [4.69, 9.17) is 9.72 Å². The van der Waals surface area contributed by atoms with Crippen molar-refractivity contribution in [3.05, 3.63) is 41.1 Å². The normalized spacial score (nSPS) is 19.0. The number of nitrogens with one attached hydrogen (secondary N) is 1. The summed E-state index contributed by atoms with van der Waals surface area (Å²) in [5, 5.41) is 3.06. The van der Waals surface area contributed by atoms with Gasteiger partial charge in [0.25, 0.3) is 11.1 Å². The van der Waals surface area contributed by atoms with Gasteiger partial charge < -0.3 is 10.1 Å². The number of fused-ring (bicyclic) bond motifs is 2. The smallest absolute Gasteiger partial charge is 0.339 e. The third-order valence-electron chi connectivity index (χ3n) is 6.82. The number of nitrogens with zero attached hydrogens (tertiary/aromatic N) is 2. The van der Waals surface area contributed by atoms with Gasteiger partial charge in [-0.3, -0.25) is 24.3 Å². The number of hydrogen-bond acceptors (Lipinski definition) is 7. The van der Waals surface area contributed by atoms with Crippen LogP contribution in [0.15, 0.2) is 24.3 Å². The van der Waals surface area contributed by atoms with Gasteiger partial charge in [-0.15, -0.1) is 0 Å². The lowest BCUT2D eigenvalue weighted by molar-refractivity contribution is -0.130. The van der Waals surface area contributed by atoms with Crippen LogP contribution in [0.3, 0.4) is 0 Å². The maximum absolute atomic E-state index is 13.4. The van der Waals surface area contributed by atoms with E-state index in [1.54, 1.807) is 0 Å². The van der Waals surface area contributed by atoms with Gasteiger partial charge in [-0.1, -0.05) is 50.7 Å². The average Bonchev–Trinajstić information content (AvgIpc) is 3.13. The fourth-order valence-corrected chi connectivity index (χ4v) is 5.42. The molecule has 0 saturated carbocycles. The van der Waals surface area contributed by atoms with Crippen LogP contribution in [-0.2, 0) is 27.2 Å². The molecule has 9 heteroatoms. The van der Waals surface area contributed by atoms with Crippen LogP contribution < -0.4 is 5.32 Å². The second-order valence-electron chi connectivity index (χ2n) is 10.2. The first-order chi connectivity index (χ1) is 16.6. The van der Waals surface area contributed by atoms with Gasteiger partial charge in [0.1, 0.15) is 0 Å². The highest BCUT2D eigenvalue weighted by Gasteiger charge is 2.34. The Kier molecular flexibility index (Phi) is 7.17. The lowest BCUT2D eigenvalue weighted by atomic mass is 9.70. The van der Waals surface area contributed by atoms with E-state index in [2.05, 4.69) is 26.1 Å². The minimum atomic E-state index is -1.04. The predicted octanol–water partition coefficient (Wildman–Crippen LogP) is 3.74. The molecule has 2 aliphatic rings. The molecule has 1 aliphatic carbocycles. The summed E-state index contributed by atoms with van der Waals surface area (Å²) in [6.45, 7) is 8.34. The molecule has 0 bridgehead atoms. The van der Waals surface area contributed by atoms with Crippen LogP contribution in [0.25, 0.3) is 10.9 Å². The Bertz CT molecular complexity index is 1170. The van der Waals surface area contributed by atoms with Crippen molar-refractivity contribution in [2.45, 2.75) is 53.1 Å². The number of pyridine rings is 1. The predicted molar refractivity (Wildman–Crippen MR) is 134 cm³/mol. The molecule has 4 rings (SSSR count). The molecule has 1 aromatic heterocycles. The number of esters is 1. The molecular formula is C26H31N3O5S. The van der Waals surface area contributed by atoms with Crippen molar-refractivity contribution < 1.29 is 23.9 Å². The summed E-state index contributed by atoms with van der Waals surface area (Å²) in [6.07, 6.45) is 1.50. The van der Waals surface area contributed by atoms with Crippen molar-refractivity contribution in [3.8, 4) is 0 Å². The Hall–Kier alpha value is -2.94. The Morgan fingerprint density at radius 1 is 1.26 bits per heavy atom. The molecule has 1 aliphatic heterocycles. The molecule has 0 unspecified atom stereocenters.